The van der Waals surface area contributed by atoms with Gasteiger partial charge >= 0.3 is 0 Å². The molecule has 0 aromatic carbocycles. The summed E-state index contributed by atoms with van der Waals surface area (Å²) in [5.74, 6) is 2.06. The summed E-state index contributed by atoms with van der Waals surface area (Å²) < 4.78 is 2.04. The van der Waals surface area contributed by atoms with Crippen LogP contribution in [0.1, 0.15) is 18.1 Å². The molecule has 0 amide bonds. The van der Waals surface area contributed by atoms with Crippen LogP contribution in [0.15, 0.2) is 0 Å². The minimum Gasteiger partial charge on any atom is -0.327 e. The van der Waals surface area contributed by atoms with Gasteiger partial charge in [0, 0.05) is 58.2 Å². The second kappa shape index (κ2) is 5.56. The lowest BCUT2D eigenvalue weighted by Gasteiger charge is -2.31. The third-order valence-electron chi connectivity index (χ3n) is 4.20. The number of likely N-dealkylation sites (N-methyl/N-ethyl adjacent to an activating group) is 1. The van der Waals surface area contributed by atoms with E-state index in [9.17, 15) is 0 Å². The molecule has 3 heterocycles. The van der Waals surface area contributed by atoms with Gasteiger partial charge in [-0.1, -0.05) is 0 Å². The van der Waals surface area contributed by atoms with Crippen LogP contribution in [0, 0.1) is 0 Å². The molecule has 1 aromatic heterocycles. The number of hydrogen-bond acceptors (Lipinski definition) is 5. The second-order valence-electron chi connectivity index (χ2n) is 5.82. The second-order valence-corrected chi connectivity index (χ2v) is 5.82. The number of fused-ring (bicyclic) bond motifs is 1. The Hall–Kier alpha value is -0.980. The molecule has 1 atom stereocenters. The zero-order valence-corrected chi connectivity index (χ0v) is 11.8. The van der Waals surface area contributed by atoms with Gasteiger partial charge in [0.05, 0.1) is 0 Å². The number of aromatic nitrogens is 3. The molecule has 0 saturated carbocycles. The molecule has 1 unspecified atom stereocenters. The van der Waals surface area contributed by atoms with E-state index < -0.39 is 0 Å². The van der Waals surface area contributed by atoms with Crippen LogP contribution in [-0.4, -0.2) is 70.4 Å². The molecular weight excluding hydrogens is 240 g/mol. The van der Waals surface area contributed by atoms with Gasteiger partial charge in [0.2, 0.25) is 0 Å². The van der Waals surface area contributed by atoms with Gasteiger partial charge < -0.3 is 15.5 Å². The van der Waals surface area contributed by atoms with E-state index in [-0.39, 0.29) is 6.04 Å². The summed E-state index contributed by atoms with van der Waals surface area (Å²) in [6, 6.07) is 0.266. The summed E-state index contributed by atoms with van der Waals surface area (Å²) in [6.45, 7) is 6.66. The summed E-state index contributed by atoms with van der Waals surface area (Å²) in [5.41, 5.74) is 5.97. The molecule has 2 aliphatic rings. The van der Waals surface area contributed by atoms with Crippen LogP contribution in [0.4, 0.5) is 0 Å². The smallest absolute Gasteiger partial charge is 0.152 e. The zero-order valence-electron chi connectivity index (χ0n) is 11.8. The molecule has 1 fully saturated rings. The van der Waals surface area contributed by atoms with Crippen molar-refractivity contribution in [2.24, 2.45) is 5.73 Å². The van der Waals surface area contributed by atoms with E-state index in [4.69, 9.17) is 5.73 Å². The first kappa shape index (κ1) is 13.0. The summed E-state index contributed by atoms with van der Waals surface area (Å²) in [5, 5.41) is 4.60. The van der Waals surface area contributed by atoms with Crippen molar-refractivity contribution in [3.8, 4) is 0 Å². The lowest BCUT2D eigenvalue weighted by Crippen LogP contribution is -2.45. The standard InChI is InChI=1S/C13H24N6/c1-17-6-8-18(9-7-17)4-3-12-15-13-10-11(14)2-5-19(13)16-12/h11H,2-10,14H2,1H3. The van der Waals surface area contributed by atoms with E-state index in [1.165, 1.54) is 13.1 Å². The van der Waals surface area contributed by atoms with Crippen LogP contribution in [0.2, 0.25) is 0 Å². The average Bonchev–Trinajstić information content (AvgIpc) is 2.80. The van der Waals surface area contributed by atoms with E-state index in [1.807, 2.05) is 4.68 Å². The van der Waals surface area contributed by atoms with Gasteiger partial charge in [-0.05, 0) is 13.5 Å². The van der Waals surface area contributed by atoms with E-state index >= 15 is 0 Å². The first-order valence-corrected chi connectivity index (χ1v) is 7.30. The lowest BCUT2D eigenvalue weighted by atomic mass is 10.1. The third kappa shape index (κ3) is 3.13. The molecule has 6 nitrogen and oxygen atoms in total. The average molecular weight is 264 g/mol. The fourth-order valence-electron chi connectivity index (χ4n) is 2.82. The van der Waals surface area contributed by atoms with E-state index in [1.54, 1.807) is 0 Å². The summed E-state index contributed by atoms with van der Waals surface area (Å²) in [7, 11) is 2.19. The summed E-state index contributed by atoms with van der Waals surface area (Å²) in [4.78, 5) is 9.52. The Labute approximate surface area is 114 Å². The predicted octanol–water partition coefficient (Wildman–Crippen LogP) is -0.658. The van der Waals surface area contributed by atoms with E-state index in [2.05, 4.69) is 26.9 Å². The molecule has 3 rings (SSSR count). The van der Waals surface area contributed by atoms with E-state index in [0.29, 0.717) is 0 Å². The zero-order chi connectivity index (χ0) is 13.2. The molecule has 0 aliphatic carbocycles. The van der Waals surface area contributed by atoms with Gasteiger partial charge in [-0.15, -0.1) is 0 Å². The molecular formula is C13H24N6. The fraction of sp³-hybridized carbons (Fsp3) is 0.846. The first-order valence-electron chi connectivity index (χ1n) is 7.30. The maximum Gasteiger partial charge on any atom is 0.152 e. The quantitative estimate of drug-likeness (QED) is 0.785. The minimum absolute atomic E-state index is 0.266. The highest BCUT2D eigenvalue weighted by molar-refractivity contribution is 4.99. The highest BCUT2D eigenvalue weighted by Crippen LogP contribution is 2.12. The largest absolute Gasteiger partial charge is 0.327 e. The van der Waals surface area contributed by atoms with Crippen LogP contribution in [-0.2, 0) is 19.4 Å². The number of rotatable bonds is 3. The van der Waals surface area contributed by atoms with Crippen molar-refractivity contribution >= 4 is 0 Å². The number of piperazine rings is 1. The van der Waals surface area contributed by atoms with Crippen LogP contribution < -0.4 is 5.73 Å². The van der Waals surface area contributed by atoms with Crippen molar-refractivity contribution in [3.05, 3.63) is 11.6 Å². The van der Waals surface area contributed by atoms with Crippen molar-refractivity contribution in [2.75, 3.05) is 39.8 Å². The Kier molecular flexibility index (Phi) is 3.81. The SMILES string of the molecule is CN1CCN(CCc2nc3n(n2)CCC(N)C3)CC1. The van der Waals surface area contributed by atoms with Crippen LogP contribution in [0.5, 0.6) is 0 Å². The maximum absolute atomic E-state index is 5.97. The summed E-state index contributed by atoms with van der Waals surface area (Å²) >= 11 is 0. The molecule has 19 heavy (non-hydrogen) atoms. The van der Waals surface area contributed by atoms with Crippen molar-refractivity contribution in [3.63, 3.8) is 0 Å². The van der Waals surface area contributed by atoms with Crippen molar-refractivity contribution in [1.82, 2.24) is 24.6 Å². The lowest BCUT2D eigenvalue weighted by molar-refractivity contribution is 0.155. The van der Waals surface area contributed by atoms with Crippen LogP contribution >= 0.6 is 0 Å². The molecule has 1 saturated heterocycles. The van der Waals surface area contributed by atoms with Crippen molar-refractivity contribution < 1.29 is 0 Å². The molecule has 2 aliphatic heterocycles. The van der Waals surface area contributed by atoms with Crippen molar-refractivity contribution in [2.45, 2.75) is 31.8 Å². The highest BCUT2D eigenvalue weighted by atomic mass is 15.4. The minimum atomic E-state index is 0.266. The predicted molar refractivity (Wildman–Crippen MR) is 74.0 cm³/mol. The monoisotopic (exact) mass is 264 g/mol. The molecule has 1 aromatic rings. The molecule has 106 valence electrons. The molecule has 6 heteroatoms. The number of nitrogens with zero attached hydrogens (tertiary/aromatic N) is 5. The van der Waals surface area contributed by atoms with Gasteiger partial charge in [-0.25, -0.2) is 9.67 Å². The van der Waals surface area contributed by atoms with Crippen molar-refractivity contribution in [1.29, 1.82) is 0 Å². The third-order valence-corrected chi connectivity index (χ3v) is 4.20. The number of aryl methyl sites for hydroxylation is 1. The van der Waals surface area contributed by atoms with Gasteiger partial charge in [-0.3, -0.25) is 0 Å². The summed E-state index contributed by atoms with van der Waals surface area (Å²) in [6.07, 6.45) is 2.86. The van der Waals surface area contributed by atoms with Crippen LogP contribution in [0.25, 0.3) is 0 Å². The number of hydrogen-bond donors (Lipinski definition) is 1. The van der Waals surface area contributed by atoms with Gasteiger partial charge in [-0.2, -0.15) is 5.10 Å². The Morgan fingerprint density at radius 3 is 2.79 bits per heavy atom. The Bertz CT molecular complexity index is 421. The Balaban J connectivity index is 1.53. The van der Waals surface area contributed by atoms with Gasteiger partial charge in [0.1, 0.15) is 5.82 Å². The number of nitrogens with two attached hydrogens (primary N) is 1. The topological polar surface area (TPSA) is 63.2 Å². The highest BCUT2D eigenvalue weighted by Gasteiger charge is 2.20. The molecule has 0 spiro atoms. The maximum atomic E-state index is 5.97. The fourth-order valence-corrected chi connectivity index (χ4v) is 2.82. The molecule has 2 N–H and O–H groups in total. The molecule has 0 bridgehead atoms. The normalized spacial score (nSPS) is 25.5. The molecule has 0 radical (unpaired) electrons. The van der Waals surface area contributed by atoms with Crippen LogP contribution in [0.3, 0.4) is 0 Å². The Morgan fingerprint density at radius 1 is 1.21 bits per heavy atom. The van der Waals surface area contributed by atoms with Gasteiger partial charge in [0.15, 0.2) is 5.82 Å². The first-order chi connectivity index (χ1) is 9.20. The Morgan fingerprint density at radius 2 is 2.00 bits per heavy atom. The van der Waals surface area contributed by atoms with Gasteiger partial charge in [0.25, 0.3) is 0 Å². The van der Waals surface area contributed by atoms with E-state index in [0.717, 1.165) is 57.1 Å².